The van der Waals surface area contributed by atoms with Crippen molar-refractivity contribution in [3.63, 3.8) is 0 Å². The molecule has 0 spiro atoms. The predicted molar refractivity (Wildman–Crippen MR) is 89.0 cm³/mol. The van der Waals surface area contributed by atoms with Gasteiger partial charge in [0.1, 0.15) is 11.6 Å². The van der Waals surface area contributed by atoms with E-state index in [-0.39, 0.29) is 30.0 Å². The molecule has 0 aromatic heterocycles. The fraction of sp³-hybridized carbons (Fsp3) is 0.632. The molecule has 1 aromatic carbocycles. The van der Waals surface area contributed by atoms with Crippen molar-refractivity contribution < 1.29 is 13.6 Å². The molecule has 0 aliphatic heterocycles. The number of carbonyl (C=O) groups is 1. The van der Waals surface area contributed by atoms with Crippen molar-refractivity contribution >= 4 is 5.91 Å². The Balaban J connectivity index is 1.73. The van der Waals surface area contributed by atoms with Gasteiger partial charge in [0.25, 0.3) is 0 Å². The Morgan fingerprint density at radius 2 is 1.79 bits per heavy atom. The van der Waals surface area contributed by atoms with E-state index in [2.05, 4.69) is 0 Å². The molecule has 0 radical (unpaired) electrons. The van der Waals surface area contributed by atoms with Gasteiger partial charge in [-0.3, -0.25) is 4.79 Å². The Morgan fingerprint density at radius 3 is 2.33 bits per heavy atom. The molecule has 1 aromatic rings. The van der Waals surface area contributed by atoms with Crippen LogP contribution < -0.4 is 5.73 Å². The van der Waals surface area contributed by atoms with Gasteiger partial charge < -0.3 is 10.6 Å². The van der Waals surface area contributed by atoms with E-state index in [1.807, 2.05) is 6.92 Å². The number of benzene rings is 1. The van der Waals surface area contributed by atoms with Gasteiger partial charge in [0.05, 0.1) is 6.54 Å². The summed E-state index contributed by atoms with van der Waals surface area (Å²) in [5.41, 5.74) is 6.27. The van der Waals surface area contributed by atoms with Crippen LogP contribution in [-0.2, 0) is 11.3 Å². The molecule has 24 heavy (non-hydrogen) atoms. The number of nitrogens with two attached hydrogens (primary N) is 1. The third kappa shape index (κ3) is 3.32. The highest BCUT2D eigenvalue weighted by molar-refractivity contribution is 5.79. The lowest BCUT2D eigenvalue weighted by Crippen LogP contribution is -2.49. The van der Waals surface area contributed by atoms with Gasteiger partial charge in [0.2, 0.25) is 5.91 Å². The van der Waals surface area contributed by atoms with Crippen LogP contribution in [0.4, 0.5) is 8.78 Å². The highest BCUT2D eigenvalue weighted by Crippen LogP contribution is 2.42. The van der Waals surface area contributed by atoms with Gasteiger partial charge >= 0.3 is 0 Å². The van der Waals surface area contributed by atoms with Crippen LogP contribution in [0.25, 0.3) is 0 Å². The summed E-state index contributed by atoms with van der Waals surface area (Å²) < 4.78 is 27.8. The lowest BCUT2D eigenvalue weighted by molar-refractivity contribution is -0.139. The summed E-state index contributed by atoms with van der Waals surface area (Å²) in [4.78, 5) is 14.5. The fourth-order valence-corrected chi connectivity index (χ4v) is 4.47. The van der Waals surface area contributed by atoms with Gasteiger partial charge in [-0.15, -0.1) is 0 Å². The largest absolute Gasteiger partial charge is 0.338 e. The second-order valence-corrected chi connectivity index (χ2v) is 7.25. The number of rotatable bonds is 4. The molecule has 2 N–H and O–H groups in total. The van der Waals surface area contributed by atoms with Crippen LogP contribution in [0.3, 0.4) is 0 Å². The molecule has 2 fully saturated rings. The van der Waals surface area contributed by atoms with Crippen LogP contribution in [0.1, 0.15) is 44.6 Å². The minimum absolute atomic E-state index is 0.00821. The first kappa shape index (κ1) is 17.3. The highest BCUT2D eigenvalue weighted by Gasteiger charge is 2.41. The van der Waals surface area contributed by atoms with Crippen molar-refractivity contribution in [2.75, 3.05) is 6.54 Å². The standard InChI is InChI=1S/C19H26F2N2O/c1-2-23(11-15-16(20)7-4-8-17(15)21)19(24)14-9-12-5-3-6-13(10-14)18(12)22/h4,7-8,12-14,18H,2-3,5-6,9-11,22H2,1H3. The zero-order valence-electron chi connectivity index (χ0n) is 14.2. The molecule has 2 aliphatic carbocycles. The summed E-state index contributed by atoms with van der Waals surface area (Å²) in [6.45, 7) is 2.29. The van der Waals surface area contributed by atoms with Gasteiger partial charge in [-0.25, -0.2) is 8.78 Å². The number of fused-ring (bicyclic) bond motifs is 2. The van der Waals surface area contributed by atoms with E-state index in [1.165, 1.54) is 24.6 Å². The lowest BCUT2D eigenvalue weighted by atomic mass is 9.65. The van der Waals surface area contributed by atoms with E-state index in [9.17, 15) is 13.6 Å². The molecular weight excluding hydrogens is 310 g/mol. The van der Waals surface area contributed by atoms with Crippen LogP contribution in [0.5, 0.6) is 0 Å². The molecule has 2 atom stereocenters. The number of halogens is 2. The van der Waals surface area contributed by atoms with Crippen molar-refractivity contribution in [3.8, 4) is 0 Å². The van der Waals surface area contributed by atoms with E-state index in [1.54, 1.807) is 4.90 Å². The highest BCUT2D eigenvalue weighted by atomic mass is 19.1. The molecule has 3 rings (SSSR count). The van der Waals surface area contributed by atoms with Crippen LogP contribution in [0.2, 0.25) is 0 Å². The molecule has 0 heterocycles. The Morgan fingerprint density at radius 1 is 1.21 bits per heavy atom. The summed E-state index contributed by atoms with van der Waals surface area (Å²) >= 11 is 0. The van der Waals surface area contributed by atoms with E-state index in [0.717, 1.165) is 25.7 Å². The first-order valence-corrected chi connectivity index (χ1v) is 8.98. The zero-order chi connectivity index (χ0) is 17.3. The third-order valence-electron chi connectivity index (χ3n) is 5.87. The Labute approximate surface area is 142 Å². The molecular formula is C19H26F2N2O. The average Bonchev–Trinajstić information content (AvgIpc) is 2.54. The van der Waals surface area contributed by atoms with Crippen molar-refractivity contribution in [1.29, 1.82) is 0 Å². The van der Waals surface area contributed by atoms with Gasteiger partial charge in [0, 0.05) is 24.1 Å². The summed E-state index contributed by atoms with van der Waals surface area (Å²) in [6.07, 6.45) is 5.01. The molecule has 1 amide bonds. The van der Waals surface area contributed by atoms with Crippen molar-refractivity contribution in [2.24, 2.45) is 23.5 Å². The normalized spacial score (nSPS) is 29.3. The SMILES string of the molecule is CCN(Cc1c(F)cccc1F)C(=O)C1CC2CCCC(C1)C2N. The topological polar surface area (TPSA) is 46.3 Å². The Hall–Kier alpha value is -1.49. The molecule has 3 nitrogen and oxygen atoms in total. The van der Waals surface area contributed by atoms with Crippen LogP contribution >= 0.6 is 0 Å². The van der Waals surface area contributed by atoms with Gasteiger partial charge in [0.15, 0.2) is 0 Å². The van der Waals surface area contributed by atoms with E-state index in [0.29, 0.717) is 18.4 Å². The Bertz CT molecular complexity index is 573. The first-order valence-electron chi connectivity index (χ1n) is 8.98. The van der Waals surface area contributed by atoms with E-state index < -0.39 is 11.6 Å². The van der Waals surface area contributed by atoms with Gasteiger partial charge in [-0.2, -0.15) is 0 Å². The minimum Gasteiger partial charge on any atom is -0.338 e. The van der Waals surface area contributed by atoms with Crippen LogP contribution in [-0.4, -0.2) is 23.4 Å². The second-order valence-electron chi connectivity index (χ2n) is 7.25. The maximum absolute atomic E-state index is 13.9. The minimum atomic E-state index is -0.594. The summed E-state index contributed by atoms with van der Waals surface area (Å²) in [6, 6.07) is 4.03. The lowest BCUT2D eigenvalue weighted by Gasteiger charge is -2.44. The first-order chi connectivity index (χ1) is 11.5. The van der Waals surface area contributed by atoms with Crippen molar-refractivity contribution in [2.45, 2.75) is 51.6 Å². The number of hydrogen-bond donors (Lipinski definition) is 1. The fourth-order valence-electron chi connectivity index (χ4n) is 4.47. The van der Waals surface area contributed by atoms with Gasteiger partial charge in [-0.05, 0) is 56.6 Å². The molecule has 2 saturated carbocycles. The summed E-state index contributed by atoms with van der Waals surface area (Å²) in [5, 5.41) is 0. The maximum Gasteiger partial charge on any atom is 0.225 e. The monoisotopic (exact) mass is 336 g/mol. The number of hydrogen-bond acceptors (Lipinski definition) is 2. The molecule has 132 valence electrons. The molecule has 2 bridgehead atoms. The van der Waals surface area contributed by atoms with Crippen LogP contribution in [0.15, 0.2) is 18.2 Å². The number of carbonyl (C=O) groups excluding carboxylic acids is 1. The molecule has 0 saturated heterocycles. The van der Waals surface area contributed by atoms with Crippen molar-refractivity contribution in [3.05, 3.63) is 35.4 Å². The maximum atomic E-state index is 13.9. The number of nitrogens with zero attached hydrogens (tertiary/aromatic N) is 1. The molecule has 2 unspecified atom stereocenters. The van der Waals surface area contributed by atoms with Gasteiger partial charge in [-0.1, -0.05) is 12.5 Å². The second kappa shape index (κ2) is 7.18. The summed E-state index contributed by atoms with van der Waals surface area (Å²) in [7, 11) is 0. The molecule has 5 heteroatoms. The third-order valence-corrected chi connectivity index (χ3v) is 5.87. The Kier molecular flexibility index (Phi) is 5.18. The predicted octanol–water partition coefficient (Wildman–Crippen LogP) is 3.47. The molecule has 2 aliphatic rings. The number of amides is 1. The van der Waals surface area contributed by atoms with E-state index >= 15 is 0 Å². The quantitative estimate of drug-likeness (QED) is 0.915. The van der Waals surface area contributed by atoms with E-state index in [4.69, 9.17) is 5.73 Å². The smallest absolute Gasteiger partial charge is 0.225 e. The van der Waals surface area contributed by atoms with Crippen molar-refractivity contribution in [1.82, 2.24) is 4.90 Å². The average molecular weight is 336 g/mol. The zero-order valence-corrected chi connectivity index (χ0v) is 14.2. The summed E-state index contributed by atoms with van der Waals surface area (Å²) in [5.74, 6) is -0.405. The van der Waals surface area contributed by atoms with Crippen LogP contribution in [0, 0.1) is 29.4 Å².